The summed E-state index contributed by atoms with van der Waals surface area (Å²) < 4.78 is 27.9. The van der Waals surface area contributed by atoms with E-state index in [9.17, 15) is 8.42 Å². The fourth-order valence-electron chi connectivity index (χ4n) is 1.66. The Hall–Kier alpha value is -1.07. The molecule has 1 atom stereocenters. The molecule has 0 fully saturated rings. The largest absolute Gasteiger partial charge is 0.494 e. The molecule has 0 bridgehead atoms. The van der Waals surface area contributed by atoms with E-state index in [1.165, 1.54) is 6.26 Å². The van der Waals surface area contributed by atoms with Gasteiger partial charge in [0, 0.05) is 17.9 Å². The molecule has 17 heavy (non-hydrogen) atoms. The van der Waals surface area contributed by atoms with Crippen LogP contribution >= 0.6 is 0 Å². The van der Waals surface area contributed by atoms with Crippen LogP contribution in [-0.4, -0.2) is 27.0 Å². The van der Waals surface area contributed by atoms with Crippen molar-refractivity contribution in [2.75, 3.05) is 18.6 Å². The highest BCUT2D eigenvalue weighted by molar-refractivity contribution is 7.90. The van der Waals surface area contributed by atoms with Crippen molar-refractivity contribution in [1.29, 1.82) is 0 Å². The predicted molar refractivity (Wildman–Crippen MR) is 69.0 cm³/mol. The van der Waals surface area contributed by atoms with Gasteiger partial charge in [-0.1, -0.05) is 17.7 Å². The first kappa shape index (κ1) is 14.0. The molecule has 4 nitrogen and oxygen atoms in total. The van der Waals surface area contributed by atoms with Crippen molar-refractivity contribution in [1.82, 2.24) is 0 Å². The number of ether oxygens (including phenoxy) is 1. The van der Waals surface area contributed by atoms with Gasteiger partial charge in [0.1, 0.15) is 15.6 Å². The SMILES string of the molecule is CCOc1ccc(C)cc1C(N)CS(C)(=O)=O. The summed E-state index contributed by atoms with van der Waals surface area (Å²) >= 11 is 0. The molecular weight excluding hydrogens is 238 g/mol. The van der Waals surface area contributed by atoms with Gasteiger partial charge in [-0.25, -0.2) is 8.42 Å². The maximum atomic E-state index is 11.2. The molecule has 0 heterocycles. The van der Waals surface area contributed by atoms with Crippen LogP contribution in [0.5, 0.6) is 5.75 Å². The van der Waals surface area contributed by atoms with Crippen LogP contribution in [0.15, 0.2) is 18.2 Å². The fraction of sp³-hybridized carbons (Fsp3) is 0.500. The van der Waals surface area contributed by atoms with Gasteiger partial charge < -0.3 is 10.5 Å². The molecule has 0 aromatic heterocycles. The molecule has 1 unspecified atom stereocenters. The van der Waals surface area contributed by atoms with E-state index in [0.29, 0.717) is 12.4 Å². The number of rotatable bonds is 5. The van der Waals surface area contributed by atoms with Crippen molar-refractivity contribution in [2.24, 2.45) is 5.73 Å². The van der Waals surface area contributed by atoms with E-state index >= 15 is 0 Å². The first-order valence-electron chi connectivity index (χ1n) is 5.50. The van der Waals surface area contributed by atoms with Gasteiger partial charge in [-0.3, -0.25) is 0 Å². The average Bonchev–Trinajstić information content (AvgIpc) is 2.18. The Morgan fingerprint density at radius 2 is 2.06 bits per heavy atom. The van der Waals surface area contributed by atoms with E-state index < -0.39 is 15.9 Å². The third-order valence-electron chi connectivity index (χ3n) is 2.35. The van der Waals surface area contributed by atoms with Crippen molar-refractivity contribution < 1.29 is 13.2 Å². The van der Waals surface area contributed by atoms with E-state index in [1.807, 2.05) is 32.0 Å². The third kappa shape index (κ3) is 4.36. The fourth-order valence-corrected chi connectivity index (χ4v) is 2.49. The Balaban J connectivity index is 3.05. The second-order valence-corrected chi connectivity index (χ2v) is 6.36. The third-order valence-corrected chi connectivity index (χ3v) is 3.31. The number of hydrogen-bond donors (Lipinski definition) is 1. The average molecular weight is 257 g/mol. The van der Waals surface area contributed by atoms with Gasteiger partial charge in [0.2, 0.25) is 0 Å². The Labute approximate surface area is 103 Å². The van der Waals surface area contributed by atoms with Crippen LogP contribution in [0.4, 0.5) is 0 Å². The van der Waals surface area contributed by atoms with Gasteiger partial charge in [-0.15, -0.1) is 0 Å². The van der Waals surface area contributed by atoms with Crippen LogP contribution in [0.1, 0.15) is 24.1 Å². The molecule has 0 spiro atoms. The molecule has 0 saturated carbocycles. The van der Waals surface area contributed by atoms with Crippen LogP contribution in [0.25, 0.3) is 0 Å². The Bertz CT molecular complexity index is 483. The summed E-state index contributed by atoms with van der Waals surface area (Å²) in [5.41, 5.74) is 7.70. The summed E-state index contributed by atoms with van der Waals surface area (Å²) in [5.74, 6) is 0.588. The standard InChI is InChI=1S/C12H19NO3S/c1-4-16-12-6-5-9(2)7-10(12)11(13)8-17(3,14)15/h5-7,11H,4,8,13H2,1-3H3. The summed E-state index contributed by atoms with van der Waals surface area (Å²) in [6.45, 7) is 4.35. The van der Waals surface area contributed by atoms with Crippen LogP contribution in [-0.2, 0) is 9.84 Å². The molecule has 96 valence electrons. The van der Waals surface area contributed by atoms with Gasteiger partial charge >= 0.3 is 0 Å². The number of benzene rings is 1. The van der Waals surface area contributed by atoms with Crippen LogP contribution < -0.4 is 10.5 Å². The Morgan fingerprint density at radius 1 is 1.41 bits per heavy atom. The van der Waals surface area contributed by atoms with Gasteiger partial charge in [-0.2, -0.15) is 0 Å². The predicted octanol–water partition coefficient (Wildman–Crippen LogP) is 1.44. The van der Waals surface area contributed by atoms with Gasteiger partial charge in [0.25, 0.3) is 0 Å². The summed E-state index contributed by atoms with van der Waals surface area (Å²) in [6, 6.07) is 5.07. The molecule has 5 heteroatoms. The lowest BCUT2D eigenvalue weighted by Gasteiger charge is -2.16. The number of sulfone groups is 1. The zero-order valence-electron chi connectivity index (χ0n) is 10.4. The van der Waals surface area contributed by atoms with E-state index in [1.54, 1.807) is 0 Å². The summed E-state index contributed by atoms with van der Waals surface area (Å²) in [7, 11) is -3.10. The molecule has 0 aliphatic heterocycles. The van der Waals surface area contributed by atoms with Crippen molar-refractivity contribution in [2.45, 2.75) is 19.9 Å². The van der Waals surface area contributed by atoms with Crippen molar-refractivity contribution in [3.8, 4) is 5.75 Å². The second-order valence-electron chi connectivity index (χ2n) is 4.17. The summed E-state index contributed by atoms with van der Waals surface area (Å²) in [6.07, 6.45) is 1.18. The minimum absolute atomic E-state index is 0.0729. The van der Waals surface area contributed by atoms with E-state index in [-0.39, 0.29) is 5.75 Å². The topological polar surface area (TPSA) is 69.4 Å². The molecular formula is C12H19NO3S. The van der Waals surface area contributed by atoms with Crippen molar-refractivity contribution >= 4 is 9.84 Å². The zero-order chi connectivity index (χ0) is 13.1. The molecule has 0 amide bonds. The summed E-state index contributed by atoms with van der Waals surface area (Å²) in [5, 5.41) is 0. The van der Waals surface area contributed by atoms with E-state index in [0.717, 1.165) is 11.1 Å². The minimum Gasteiger partial charge on any atom is -0.494 e. The van der Waals surface area contributed by atoms with E-state index in [2.05, 4.69) is 0 Å². The van der Waals surface area contributed by atoms with Crippen LogP contribution in [0.3, 0.4) is 0 Å². The van der Waals surface area contributed by atoms with Crippen LogP contribution in [0.2, 0.25) is 0 Å². The smallest absolute Gasteiger partial charge is 0.149 e. The highest BCUT2D eigenvalue weighted by Crippen LogP contribution is 2.26. The Morgan fingerprint density at radius 3 is 2.59 bits per heavy atom. The normalized spacial score (nSPS) is 13.4. The molecule has 0 aliphatic rings. The maximum Gasteiger partial charge on any atom is 0.149 e. The number of aryl methyl sites for hydroxylation is 1. The van der Waals surface area contributed by atoms with Gasteiger partial charge in [-0.05, 0) is 19.9 Å². The summed E-state index contributed by atoms with van der Waals surface area (Å²) in [4.78, 5) is 0. The molecule has 1 rings (SSSR count). The molecule has 0 aliphatic carbocycles. The van der Waals surface area contributed by atoms with Gasteiger partial charge in [0.05, 0.1) is 12.4 Å². The molecule has 1 aromatic carbocycles. The highest BCUT2D eigenvalue weighted by Gasteiger charge is 2.17. The van der Waals surface area contributed by atoms with Crippen LogP contribution in [0, 0.1) is 6.92 Å². The molecule has 0 radical (unpaired) electrons. The lowest BCUT2D eigenvalue weighted by atomic mass is 10.1. The monoisotopic (exact) mass is 257 g/mol. The minimum atomic E-state index is -3.10. The lowest BCUT2D eigenvalue weighted by Crippen LogP contribution is -2.21. The zero-order valence-corrected chi connectivity index (χ0v) is 11.3. The van der Waals surface area contributed by atoms with Gasteiger partial charge in [0.15, 0.2) is 0 Å². The first-order valence-corrected chi connectivity index (χ1v) is 7.56. The second kappa shape index (κ2) is 5.51. The molecule has 0 saturated heterocycles. The molecule has 1 aromatic rings. The quantitative estimate of drug-likeness (QED) is 0.866. The van der Waals surface area contributed by atoms with E-state index in [4.69, 9.17) is 10.5 Å². The van der Waals surface area contributed by atoms with Crippen molar-refractivity contribution in [3.05, 3.63) is 29.3 Å². The number of hydrogen-bond acceptors (Lipinski definition) is 4. The first-order chi connectivity index (χ1) is 7.83. The number of nitrogens with two attached hydrogens (primary N) is 1. The maximum absolute atomic E-state index is 11.2. The lowest BCUT2D eigenvalue weighted by molar-refractivity contribution is 0.335. The van der Waals surface area contributed by atoms with Crippen molar-refractivity contribution in [3.63, 3.8) is 0 Å². The highest BCUT2D eigenvalue weighted by atomic mass is 32.2. The Kier molecular flexibility index (Phi) is 4.54. The molecule has 2 N–H and O–H groups in total.